The first-order valence-electron chi connectivity index (χ1n) is 16.0. The Kier molecular flexibility index (Phi) is 4.93. The second-order valence-electron chi connectivity index (χ2n) is 15.3. The summed E-state index contributed by atoms with van der Waals surface area (Å²) in [7, 11) is 0. The van der Waals surface area contributed by atoms with E-state index in [1.165, 1.54) is 0 Å². The molecule has 9 heteroatoms. The van der Waals surface area contributed by atoms with Crippen LogP contribution in [0.2, 0.25) is 0 Å². The third kappa shape index (κ3) is 2.63. The Morgan fingerprint density at radius 3 is 2.65 bits per heavy atom. The number of ether oxygens (including phenoxy) is 4. The van der Waals surface area contributed by atoms with Gasteiger partial charge in [0.2, 0.25) is 0 Å². The van der Waals surface area contributed by atoms with Crippen molar-refractivity contribution in [1.29, 1.82) is 0 Å². The topological polar surface area (TPSA) is 125 Å². The summed E-state index contributed by atoms with van der Waals surface area (Å²) in [6, 6.07) is 1.83. The molecular weight excluding hydrogens is 552 g/mol. The quantitative estimate of drug-likeness (QED) is 0.297. The van der Waals surface area contributed by atoms with Gasteiger partial charge in [0.15, 0.2) is 17.5 Å². The smallest absolute Gasteiger partial charge is 0.339 e. The number of carbonyl (C=O) groups excluding carboxylic acids is 3. The molecule has 9 nitrogen and oxygen atoms in total. The summed E-state index contributed by atoms with van der Waals surface area (Å²) in [4.78, 5) is 41.8. The number of hydrogen-bond acceptors (Lipinski definition) is 9. The SMILES string of the molecule is CC1(C)OC2CC(=O)OCC23C1C(=O)C(O)C12C4CCCCC4C#CCC4(c5ccoc5)OC(=O)C5OC51C4(C)CCC32. The number of cyclic esters (lactones) is 1. The van der Waals surface area contributed by atoms with Gasteiger partial charge in [-0.05, 0) is 57.4 Å². The number of fused-ring (bicyclic) bond motifs is 1. The number of epoxide rings is 1. The van der Waals surface area contributed by atoms with Crippen LogP contribution < -0.4 is 0 Å². The molecule has 1 N–H and O–H groups in total. The van der Waals surface area contributed by atoms with Crippen molar-refractivity contribution in [2.24, 2.45) is 39.9 Å². The lowest BCUT2D eigenvalue weighted by molar-refractivity contribution is -0.294. The van der Waals surface area contributed by atoms with Crippen molar-refractivity contribution < 1.29 is 42.9 Å². The number of furan rings is 1. The van der Waals surface area contributed by atoms with Gasteiger partial charge in [-0.1, -0.05) is 31.6 Å². The van der Waals surface area contributed by atoms with Gasteiger partial charge in [0.25, 0.3) is 0 Å². The van der Waals surface area contributed by atoms with E-state index < -0.39 is 63.2 Å². The second kappa shape index (κ2) is 7.94. The van der Waals surface area contributed by atoms with Crippen molar-refractivity contribution >= 4 is 17.7 Å². The summed E-state index contributed by atoms with van der Waals surface area (Å²) >= 11 is 0. The van der Waals surface area contributed by atoms with Crippen molar-refractivity contribution in [2.75, 3.05) is 6.61 Å². The molecule has 12 unspecified atom stereocenters. The summed E-state index contributed by atoms with van der Waals surface area (Å²) < 4.78 is 31.4. The van der Waals surface area contributed by atoms with E-state index in [-0.39, 0.29) is 49.0 Å². The van der Waals surface area contributed by atoms with Gasteiger partial charge in [-0.2, -0.15) is 0 Å². The summed E-state index contributed by atoms with van der Waals surface area (Å²) in [6.45, 7) is 5.95. The Labute approximate surface area is 250 Å². The van der Waals surface area contributed by atoms with E-state index in [1.54, 1.807) is 12.5 Å². The zero-order valence-corrected chi connectivity index (χ0v) is 24.9. The number of hydrogen-bond donors (Lipinski definition) is 1. The van der Waals surface area contributed by atoms with Crippen molar-refractivity contribution in [3.8, 4) is 11.8 Å². The fourth-order valence-electron chi connectivity index (χ4n) is 12.5. The zero-order chi connectivity index (χ0) is 29.8. The average Bonchev–Trinajstić information content (AvgIpc) is 3.39. The van der Waals surface area contributed by atoms with E-state index in [0.717, 1.165) is 25.7 Å². The molecule has 7 fully saturated rings. The van der Waals surface area contributed by atoms with Crippen molar-refractivity contribution in [1.82, 2.24) is 0 Å². The summed E-state index contributed by atoms with van der Waals surface area (Å²) in [5, 5.41) is 12.8. The summed E-state index contributed by atoms with van der Waals surface area (Å²) in [6.07, 6.45) is 5.43. The lowest BCUT2D eigenvalue weighted by Crippen LogP contribution is -2.81. The highest BCUT2D eigenvalue weighted by atomic mass is 16.7. The Bertz CT molecular complexity index is 1520. The molecule has 43 heavy (non-hydrogen) atoms. The van der Waals surface area contributed by atoms with Gasteiger partial charge < -0.3 is 28.5 Å². The van der Waals surface area contributed by atoms with Crippen LogP contribution in [0.15, 0.2) is 23.0 Å². The van der Waals surface area contributed by atoms with Crippen molar-refractivity contribution in [3.05, 3.63) is 24.2 Å². The van der Waals surface area contributed by atoms with E-state index in [0.29, 0.717) is 18.4 Å². The van der Waals surface area contributed by atoms with Gasteiger partial charge in [-0.25, -0.2) is 4.79 Å². The Morgan fingerprint density at radius 1 is 1.05 bits per heavy atom. The minimum absolute atomic E-state index is 0.0489. The van der Waals surface area contributed by atoms with Gasteiger partial charge in [0.05, 0.1) is 43.0 Å². The van der Waals surface area contributed by atoms with Crippen LogP contribution >= 0.6 is 0 Å². The van der Waals surface area contributed by atoms with Gasteiger partial charge in [0.1, 0.15) is 18.3 Å². The fourth-order valence-corrected chi connectivity index (χ4v) is 12.5. The van der Waals surface area contributed by atoms with Crippen molar-refractivity contribution in [3.63, 3.8) is 0 Å². The maximum Gasteiger partial charge on any atom is 0.339 e. The molecule has 4 saturated heterocycles. The second-order valence-corrected chi connectivity index (χ2v) is 15.3. The van der Waals surface area contributed by atoms with E-state index >= 15 is 0 Å². The molecule has 0 aromatic carbocycles. The van der Waals surface area contributed by atoms with Crippen LogP contribution in [-0.4, -0.2) is 58.9 Å². The molecular formula is C34H38O9. The largest absolute Gasteiger partial charge is 0.472 e. The van der Waals surface area contributed by atoms with Crippen LogP contribution in [0.5, 0.6) is 0 Å². The zero-order valence-electron chi connectivity index (χ0n) is 24.9. The van der Waals surface area contributed by atoms with Crippen LogP contribution in [0.4, 0.5) is 0 Å². The number of esters is 2. The first kappa shape index (κ1) is 26.7. The van der Waals surface area contributed by atoms with E-state index in [1.807, 2.05) is 19.9 Å². The molecule has 0 amide bonds. The average molecular weight is 591 g/mol. The van der Waals surface area contributed by atoms with Crippen LogP contribution in [0, 0.1) is 51.8 Å². The minimum atomic E-state index is -1.41. The van der Waals surface area contributed by atoms with Crippen LogP contribution in [0.3, 0.4) is 0 Å². The van der Waals surface area contributed by atoms with E-state index in [2.05, 4.69) is 18.8 Å². The molecule has 4 bridgehead atoms. The van der Waals surface area contributed by atoms with Crippen LogP contribution in [0.25, 0.3) is 0 Å². The molecule has 9 rings (SSSR count). The molecule has 5 heterocycles. The molecule has 12 atom stereocenters. The Balaban J connectivity index is 1.38. The first-order valence-corrected chi connectivity index (χ1v) is 16.0. The maximum atomic E-state index is 15.0. The van der Waals surface area contributed by atoms with E-state index in [4.69, 9.17) is 23.4 Å². The van der Waals surface area contributed by atoms with Gasteiger partial charge in [0, 0.05) is 27.7 Å². The highest BCUT2D eigenvalue weighted by Gasteiger charge is 2.94. The van der Waals surface area contributed by atoms with Crippen molar-refractivity contribution in [2.45, 2.75) is 107 Å². The normalized spacial score (nSPS) is 53.5. The van der Waals surface area contributed by atoms with Crippen LogP contribution in [0.1, 0.15) is 77.7 Å². The lowest BCUT2D eigenvalue weighted by Gasteiger charge is -2.71. The predicted molar refractivity (Wildman–Crippen MR) is 147 cm³/mol. The molecule has 1 aromatic rings. The number of aliphatic hydroxyl groups is 1. The van der Waals surface area contributed by atoms with Gasteiger partial charge in [-0.15, -0.1) is 0 Å². The van der Waals surface area contributed by atoms with Gasteiger partial charge in [-0.3, -0.25) is 9.59 Å². The molecule has 8 aliphatic rings. The molecule has 1 aromatic heterocycles. The molecule has 3 saturated carbocycles. The number of Topliss-reactive ketones (excluding diaryl/α,β-unsaturated/α-hetero) is 1. The summed E-state index contributed by atoms with van der Waals surface area (Å²) in [5.74, 6) is 4.66. The minimum Gasteiger partial charge on any atom is -0.472 e. The summed E-state index contributed by atoms with van der Waals surface area (Å²) in [5.41, 5.74) is -5.43. The Morgan fingerprint density at radius 2 is 1.86 bits per heavy atom. The third-order valence-electron chi connectivity index (χ3n) is 13.7. The molecule has 0 radical (unpaired) electrons. The third-order valence-corrected chi connectivity index (χ3v) is 13.7. The highest BCUT2D eigenvalue weighted by molar-refractivity contribution is 5.92. The highest BCUT2D eigenvalue weighted by Crippen LogP contribution is 2.84. The number of rotatable bonds is 1. The van der Waals surface area contributed by atoms with E-state index in [9.17, 15) is 19.5 Å². The number of ketones is 1. The monoisotopic (exact) mass is 590 g/mol. The van der Waals surface area contributed by atoms with Gasteiger partial charge >= 0.3 is 11.9 Å². The predicted octanol–water partition coefficient (Wildman–Crippen LogP) is 3.46. The van der Waals surface area contributed by atoms with Crippen LogP contribution in [-0.2, 0) is 38.9 Å². The lowest BCUT2D eigenvalue weighted by atomic mass is 9.31. The molecule has 4 aliphatic carbocycles. The number of aliphatic hydroxyl groups excluding tert-OH is 1. The molecule has 3 spiro atoms. The standard InChI is InChI=1S/C34H38O9/c1-29(2)25-24(36)26(37)33-20-9-5-4-7-18(20)8-6-12-32(19-11-14-39-16-19)30(3,34(33)27(42-34)28(38)43-32)13-10-21(33)31(25)17-40-23(35)15-22(31)41-29/h11,14,16,18,20-22,25-27,37H,4-5,7,9-10,12-13,15,17H2,1-3H3. The number of carbonyl (C=O) groups is 3. The maximum absolute atomic E-state index is 15.0. The molecule has 228 valence electrons. The molecule has 4 aliphatic heterocycles. The fraction of sp³-hybridized carbons (Fsp3) is 0.735. The Hall–Kier alpha value is -2.67. The first-order chi connectivity index (χ1) is 20.5.